The molecule has 1 heterocycles. The van der Waals surface area contributed by atoms with Crippen LogP contribution in [-0.4, -0.2) is 11.6 Å². The summed E-state index contributed by atoms with van der Waals surface area (Å²) < 4.78 is 5.89. The van der Waals surface area contributed by atoms with Gasteiger partial charge in [-0.15, -0.1) is 0 Å². The molecular formula is C29H43NO. The maximum Gasteiger partial charge on any atom is 0.119 e. The van der Waals surface area contributed by atoms with Gasteiger partial charge in [0.05, 0.1) is 12.3 Å². The molecule has 170 valence electrons. The van der Waals surface area contributed by atoms with Crippen LogP contribution in [0.5, 0.6) is 5.75 Å². The van der Waals surface area contributed by atoms with Gasteiger partial charge in [0.25, 0.3) is 0 Å². The van der Waals surface area contributed by atoms with Gasteiger partial charge in [-0.25, -0.2) is 0 Å². The average Bonchev–Trinajstić information content (AvgIpc) is 2.82. The lowest BCUT2D eigenvalue weighted by Gasteiger charge is -2.28. The van der Waals surface area contributed by atoms with Crippen LogP contribution < -0.4 is 4.74 Å². The molecule has 0 unspecified atom stereocenters. The predicted octanol–water partition coefficient (Wildman–Crippen LogP) is 8.64. The van der Waals surface area contributed by atoms with Crippen molar-refractivity contribution in [3.63, 3.8) is 0 Å². The Kier molecular flexibility index (Phi) is 10.4. The SMILES string of the molecule is CCCCCCCOc1ccc(-c2ccc(CC[C@H]3CC[C@H](CCC)CC3)cn2)cc1. The van der Waals surface area contributed by atoms with Gasteiger partial charge in [0.2, 0.25) is 0 Å². The molecule has 0 spiro atoms. The van der Waals surface area contributed by atoms with E-state index in [4.69, 9.17) is 9.72 Å². The summed E-state index contributed by atoms with van der Waals surface area (Å²) in [4.78, 5) is 4.74. The number of unbranched alkanes of at least 4 members (excludes halogenated alkanes) is 4. The van der Waals surface area contributed by atoms with Crippen LogP contribution in [0.15, 0.2) is 42.6 Å². The Labute approximate surface area is 190 Å². The Bertz CT molecular complexity index is 713. The lowest BCUT2D eigenvalue weighted by molar-refractivity contribution is 0.252. The van der Waals surface area contributed by atoms with Crippen LogP contribution in [-0.2, 0) is 6.42 Å². The molecule has 3 rings (SSSR count). The summed E-state index contributed by atoms with van der Waals surface area (Å²) in [5.74, 6) is 2.89. The summed E-state index contributed by atoms with van der Waals surface area (Å²) in [7, 11) is 0. The van der Waals surface area contributed by atoms with Crippen molar-refractivity contribution in [3.8, 4) is 17.0 Å². The number of nitrogens with zero attached hydrogens (tertiary/aromatic N) is 1. The first-order valence-electron chi connectivity index (χ1n) is 13.0. The van der Waals surface area contributed by atoms with E-state index in [-0.39, 0.29) is 0 Å². The predicted molar refractivity (Wildman–Crippen MR) is 133 cm³/mol. The number of pyridine rings is 1. The van der Waals surface area contributed by atoms with Crippen LogP contribution in [0.4, 0.5) is 0 Å². The smallest absolute Gasteiger partial charge is 0.119 e. The molecule has 2 nitrogen and oxygen atoms in total. The molecule has 0 N–H and O–H groups in total. The van der Waals surface area contributed by atoms with Crippen molar-refractivity contribution in [3.05, 3.63) is 48.2 Å². The molecule has 0 saturated heterocycles. The van der Waals surface area contributed by atoms with E-state index in [2.05, 4.69) is 56.4 Å². The van der Waals surface area contributed by atoms with Gasteiger partial charge in [0.1, 0.15) is 5.75 Å². The number of benzene rings is 1. The normalized spacial score (nSPS) is 18.8. The molecule has 1 fully saturated rings. The quantitative estimate of drug-likeness (QED) is 0.302. The van der Waals surface area contributed by atoms with E-state index < -0.39 is 0 Å². The number of aromatic nitrogens is 1. The summed E-state index contributed by atoms with van der Waals surface area (Å²) >= 11 is 0. The molecule has 1 aromatic heterocycles. The van der Waals surface area contributed by atoms with E-state index >= 15 is 0 Å². The van der Waals surface area contributed by atoms with Crippen molar-refractivity contribution in [2.45, 2.75) is 97.3 Å². The molecule has 1 aromatic carbocycles. The van der Waals surface area contributed by atoms with Crippen LogP contribution >= 0.6 is 0 Å². The van der Waals surface area contributed by atoms with E-state index in [1.807, 2.05) is 0 Å². The minimum atomic E-state index is 0.816. The molecule has 1 aliphatic carbocycles. The van der Waals surface area contributed by atoms with Crippen molar-refractivity contribution in [1.29, 1.82) is 0 Å². The molecule has 0 bridgehead atoms. The van der Waals surface area contributed by atoms with E-state index in [9.17, 15) is 0 Å². The Hall–Kier alpha value is -1.83. The number of rotatable bonds is 13. The molecule has 2 heteroatoms. The van der Waals surface area contributed by atoms with Crippen molar-refractivity contribution in [2.24, 2.45) is 11.8 Å². The molecule has 1 saturated carbocycles. The third-order valence-corrected chi connectivity index (χ3v) is 7.00. The molecule has 31 heavy (non-hydrogen) atoms. The Morgan fingerprint density at radius 3 is 2.13 bits per heavy atom. The summed E-state index contributed by atoms with van der Waals surface area (Å²) in [6.45, 7) is 5.39. The third-order valence-electron chi connectivity index (χ3n) is 7.00. The standard InChI is InChI=1S/C29H43NO/c1-3-5-6-7-8-22-31-28-19-17-27(18-20-28)29-21-16-26(23-30-29)15-14-25-12-10-24(9-4-2)11-13-25/h16-21,23-25H,3-15,22H2,1-2H3/t24-,25-. The second-order valence-corrected chi connectivity index (χ2v) is 9.55. The van der Waals surface area contributed by atoms with E-state index in [0.29, 0.717) is 0 Å². The van der Waals surface area contributed by atoms with Gasteiger partial charge in [0.15, 0.2) is 0 Å². The fourth-order valence-corrected chi connectivity index (χ4v) is 4.95. The zero-order valence-electron chi connectivity index (χ0n) is 20.0. The van der Waals surface area contributed by atoms with E-state index in [1.54, 1.807) is 0 Å². The highest BCUT2D eigenvalue weighted by Gasteiger charge is 2.20. The van der Waals surface area contributed by atoms with E-state index in [0.717, 1.165) is 41.9 Å². The largest absolute Gasteiger partial charge is 0.494 e. The third kappa shape index (κ3) is 8.31. The lowest BCUT2D eigenvalue weighted by atomic mass is 9.78. The van der Waals surface area contributed by atoms with Crippen LogP contribution in [0.1, 0.15) is 96.5 Å². The number of hydrogen-bond acceptors (Lipinski definition) is 2. The Balaban J connectivity index is 1.39. The maximum atomic E-state index is 5.89. The summed E-state index contributed by atoms with van der Waals surface area (Å²) in [5, 5.41) is 0. The first kappa shape index (κ1) is 23.8. The lowest BCUT2D eigenvalue weighted by Crippen LogP contribution is -2.15. The molecule has 0 aliphatic heterocycles. The summed E-state index contributed by atoms with van der Waals surface area (Å²) in [6, 6.07) is 12.9. The number of aryl methyl sites for hydroxylation is 1. The maximum absolute atomic E-state index is 5.89. The van der Waals surface area contributed by atoms with E-state index in [1.165, 1.54) is 82.6 Å². The zero-order valence-corrected chi connectivity index (χ0v) is 20.0. The van der Waals surface area contributed by atoms with Gasteiger partial charge in [-0.2, -0.15) is 0 Å². The van der Waals surface area contributed by atoms with Crippen molar-refractivity contribution in [1.82, 2.24) is 4.98 Å². The van der Waals surface area contributed by atoms with Crippen LogP contribution in [0.2, 0.25) is 0 Å². The Morgan fingerprint density at radius 2 is 1.48 bits per heavy atom. The molecule has 0 atom stereocenters. The molecule has 0 amide bonds. The first-order valence-corrected chi connectivity index (χ1v) is 13.0. The van der Waals surface area contributed by atoms with Crippen molar-refractivity contribution >= 4 is 0 Å². The highest BCUT2D eigenvalue weighted by Crippen LogP contribution is 2.34. The summed E-state index contributed by atoms with van der Waals surface area (Å²) in [6.07, 6.45) is 19.5. The van der Waals surface area contributed by atoms with Gasteiger partial charge in [0, 0.05) is 11.8 Å². The average molecular weight is 422 g/mol. The molecular weight excluding hydrogens is 378 g/mol. The fourth-order valence-electron chi connectivity index (χ4n) is 4.95. The van der Waals surface area contributed by atoms with Crippen LogP contribution in [0.25, 0.3) is 11.3 Å². The Morgan fingerprint density at radius 1 is 0.774 bits per heavy atom. The fraction of sp³-hybridized carbons (Fsp3) is 0.621. The van der Waals surface area contributed by atoms with Gasteiger partial charge < -0.3 is 4.74 Å². The zero-order chi connectivity index (χ0) is 21.7. The molecule has 2 aromatic rings. The van der Waals surface area contributed by atoms with Gasteiger partial charge in [-0.3, -0.25) is 4.98 Å². The van der Waals surface area contributed by atoms with Crippen molar-refractivity contribution < 1.29 is 4.74 Å². The van der Waals surface area contributed by atoms with Crippen LogP contribution in [0.3, 0.4) is 0 Å². The summed E-state index contributed by atoms with van der Waals surface area (Å²) in [5.41, 5.74) is 3.59. The monoisotopic (exact) mass is 421 g/mol. The second kappa shape index (κ2) is 13.6. The molecule has 1 aliphatic rings. The highest BCUT2D eigenvalue weighted by molar-refractivity contribution is 5.60. The van der Waals surface area contributed by atoms with Gasteiger partial charge >= 0.3 is 0 Å². The van der Waals surface area contributed by atoms with Crippen LogP contribution in [0, 0.1) is 11.8 Å². The van der Waals surface area contributed by atoms with Gasteiger partial charge in [-0.05, 0) is 67.0 Å². The minimum absolute atomic E-state index is 0.816. The van der Waals surface area contributed by atoms with Gasteiger partial charge in [-0.1, -0.05) is 84.1 Å². The highest BCUT2D eigenvalue weighted by atomic mass is 16.5. The topological polar surface area (TPSA) is 22.1 Å². The van der Waals surface area contributed by atoms with Crippen molar-refractivity contribution in [2.75, 3.05) is 6.61 Å². The minimum Gasteiger partial charge on any atom is -0.494 e. The number of ether oxygens (including phenoxy) is 1. The second-order valence-electron chi connectivity index (χ2n) is 9.55. The number of hydrogen-bond donors (Lipinski definition) is 0. The molecule has 0 radical (unpaired) electrons. The first-order chi connectivity index (χ1) is 15.3.